The van der Waals surface area contributed by atoms with Crippen LogP contribution in [0.5, 0.6) is 0 Å². The van der Waals surface area contributed by atoms with E-state index in [2.05, 4.69) is 24.1 Å². The van der Waals surface area contributed by atoms with E-state index in [4.69, 9.17) is 4.74 Å². The monoisotopic (exact) mass is 268 g/mol. The van der Waals surface area contributed by atoms with Gasteiger partial charge in [0.1, 0.15) is 0 Å². The molecular formula is C16H32N2O. The fourth-order valence-electron chi connectivity index (χ4n) is 3.79. The molecule has 1 N–H and O–H groups in total. The number of ether oxygens (including phenoxy) is 1. The minimum absolute atomic E-state index is 0.591. The molecule has 0 aromatic carbocycles. The van der Waals surface area contributed by atoms with Gasteiger partial charge in [0, 0.05) is 24.7 Å². The Labute approximate surface area is 119 Å². The minimum Gasteiger partial charge on any atom is -0.380 e. The second-order valence-electron chi connectivity index (χ2n) is 6.11. The third kappa shape index (κ3) is 4.17. The molecule has 2 aliphatic rings. The van der Waals surface area contributed by atoms with Crippen LogP contribution >= 0.6 is 0 Å². The molecule has 2 atom stereocenters. The Hall–Kier alpha value is -0.120. The van der Waals surface area contributed by atoms with Crippen molar-refractivity contribution >= 4 is 0 Å². The summed E-state index contributed by atoms with van der Waals surface area (Å²) >= 11 is 0. The van der Waals surface area contributed by atoms with Crippen LogP contribution in [0.1, 0.15) is 58.8 Å². The molecule has 0 bridgehead atoms. The van der Waals surface area contributed by atoms with Gasteiger partial charge in [0.25, 0.3) is 0 Å². The summed E-state index contributed by atoms with van der Waals surface area (Å²) in [6.45, 7) is 8.73. The van der Waals surface area contributed by atoms with Crippen LogP contribution in [0.2, 0.25) is 0 Å². The maximum Gasteiger partial charge on any atom is 0.0637 e. The van der Waals surface area contributed by atoms with Crippen molar-refractivity contribution in [1.82, 2.24) is 10.2 Å². The summed E-state index contributed by atoms with van der Waals surface area (Å²) in [5.74, 6) is 0. The quantitative estimate of drug-likeness (QED) is 0.801. The number of rotatable bonds is 6. The van der Waals surface area contributed by atoms with Crippen LogP contribution in [0.25, 0.3) is 0 Å². The second kappa shape index (κ2) is 8.23. The van der Waals surface area contributed by atoms with Crippen LogP contribution in [0.15, 0.2) is 0 Å². The van der Waals surface area contributed by atoms with Crippen molar-refractivity contribution in [3.8, 4) is 0 Å². The van der Waals surface area contributed by atoms with Crippen LogP contribution in [0.4, 0.5) is 0 Å². The van der Waals surface area contributed by atoms with E-state index >= 15 is 0 Å². The van der Waals surface area contributed by atoms with E-state index in [0.29, 0.717) is 12.1 Å². The van der Waals surface area contributed by atoms with Crippen molar-refractivity contribution in [2.45, 2.75) is 76.9 Å². The maximum absolute atomic E-state index is 5.78. The van der Waals surface area contributed by atoms with Gasteiger partial charge in [-0.15, -0.1) is 0 Å². The predicted molar refractivity (Wildman–Crippen MR) is 80.6 cm³/mol. The van der Waals surface area contributed by atoms with Gasteiger partial charge in [-0.1, -0.05) is 33.1 Å². The zero-order valence-corrected chi connectivity index (χ0v) is 12.9. The van der Waals surface area contributed by atoms with E-state index in [9.17, 15) is 0 Å². The van der Waals surface area contributed by atoms with Crippen molar-refractivity contribution in [1.29, 1.82) is 0 Å². The molecule has 2 fully saturated rings. The SMILES string of the molecule is CCCNC1CCOCC1N(CC)C1CCCCC1. The molecule has 19 heavy (non-hydrogen) atoms. The molecule has 0 amide bonds. The average molecular weight is 268 g/mol. The van der Waals surface area contributed by atoms with E-state index < -0.39 is 0 Å². The molecule has 1 saturated heterocycles. The van der Waals surface area contributed by atoms with E-state index in [1.165, 1.54) is 51.5 Å². The van der Waals surface area contributed by atoms with E-state index in [1.54, 1.807) is 0 Å². The molecule has 2 rings (SSSR count). The van der Waals surface area contributed by atoms with Crippen LogP contribution in [0.3, 0.4) is 0 Å². The highest BCUT2D eigenvalue weighted by molar-refractivity contribution is 4.90. The molecule has 0 radical (unpaired) electrons. The Kier molecular flexibility index (Phi) is 6.62. The molecule has 3 heteroatoms. The molecule has 1 aliphatic heterocycles. The fourth-order valence-corrected chi connectivity index (χ4v) is 3.79. The lowest BCUT2D eigenvalue weighted by Gasteiger charge is -2.44. The lowest BCUT2D eigenvalue weighted by Crippen LogP contribution is -2.58. The molecule has 3 nitrogen and oxygen atoms in total. The topological polar surface area (TPSA) is 24.5 Å². The molecular weight excluding hydrogens is 236 g/mol. The number of likely N-dealkylation sites (N-methyl/N-ethyl adjacent to an activating group) is 1. The minimum atomic E-state index is 0.591. The van der Waals surface area contributed by atoms with Gasteiger partial charge >= 0.3 is 0 Å². The molecule has 1 heterocycles. The van der Waals surface area contributed by atoms with Crippen molar-refractivity contribution in [2.75, 3.05) is 26.3 Å². The van der Waals surface area contributed by atoms with Gasteiger partial charge < -0.3 is 10.1 Å². The van der Waals surface area contributed by atoms with Crippen molar-refractivity contribution in [2.24, 2.45) is 0 Å². The van der Waals surface area contributed by atoms with Gasteiger partial charge in [0.15, 0.2) is 0 Å². The van der Waals surface area contributed by atoms with E-state index in [1.807, 2.05) is 0 Å². The number of hydrogen-bond donors (Lipinski definition) is 1. The summed E-state index contributed by atoms with van der Waals surface area (Å²) in [4.78, 5) is 2.74. The standard InChI is InChI=1S/C16H32N2O/c1-3-11-17-15-10-12-19-13-16(15)18(4-2)14-8-6-5-7-9-14/h14-17H,3-13H2,1-2H3. The Morgan fingerprint density at radius 2 is 1.89 bits per heavy atom. The summed E-state index contributed by atoms with van der Waals surface area (Å²) in [5.41, 5.74) is 0. The molecule has 0 spiro atoms. The number of nitrogens with zero attached hydrogens (tertiary/aromatic N) is 1. The van der Waals surface area contributed by atoms with Gasteiger partial charge in [0.05, 0.1) is 6.61 Å². The van der Waals surface area contributed by atoms with Gasteiger partial charge in [-0.05, 0) is 38.8 Å². The summed E-state index contributed by atoms with van der Waals surface area (Å²) in [5, 5.41) is 3.75. The Balaban J connectivity index is 1.96. The zero-order valence-electron chi connectivity index (χ0n) is 12.9. The van der Waals surface area contributed by atoms with Gasteiger partial charge in [-0.25, -0.2) is 0 Å². The summed E-state index contributed by atoms with van der Waals surface area (Å²) in [6.07, 6.45) is 9.46. The maximum atomic E-state index is 5.78. The van der Waals surface area contributed by atoms with Crippen molar-refractivity contribution in [3.63, 3.8) is 0 Å². The van der Waals surface area contributed by atoms with Crippen LogP contribution in [-0.4, -0.2) is 49.3 Å². The lowest BCUT2D eigenvalue weighted by atomic mass is 9.91. The first-order valence-electron chi connectivity index (χ1n) is 8.43. The van der Waals surface area contributed by atoms with Crippen LogP contribution in [0, 0.1) is 0 Å². The van der Waals surface area contributed by atoms with E-state index in [-0.39, 0.29) is 0 Å². The lowest BCUT2D eigenvalue weighted by molar-refractivity contribution is -0.0236. The first-order valence-corrected chi connectivity index (χ1v) is 8.43. The van der Waals surface area contributed by atoms with Crippen molar-refractivity contribution in [3.05, 3.63) is 0 Å². The first-order chi connectivity index (χ1) is 9.36. The van der Waals surface area contributed by atoms with Gasteiger partial charge in [-0.2, -0.15) is 0 Å². The highest BCUT2D eigenvalue weighted by Gasteiger charge is 2.33. The van der Waals surface area contributed by atoms with Crippen molar-refractivity contribution < 1.29 is 4.74 Å². The zero-order chi connectivity index (χ0) is 13.5. The smallest absolute Gasteiger partial charge is 0.0637 e. The van der Waals surface area contributed by atoms with Crippen LogP contribution < -0.4 is 5.32 Å². The Morgan fingerprint density at radius 3 is 2.58 bits per heavy atom. The van der Waals surface area contributed by atoms with Gasteiger partial charge in [0.2, 0.25) is 0 Å². The third-order valence-corrected chi connectivity index (χ3v) is 4.82. The summed E-state index contributed by atoms with van der Waals surface area (Å²) in [7, 11) is 0. The largest absolute Gasteiger partial charge is 0.380 e. The molecule has 1 aliphatic carbocycles. The molecule has 2 unspecified atom stereocenters. The predicted octanol–water partition coefficient (Wildman–Crippen LogP) is 2.80. The highest BCUT2D eigenvalue weighted by atomic mass is 16.5. The number of nitrogens with one attached hydrogen (secondary N) is 1. The summed E-state index contributed by atoms with van der Waals surface area (Å²) in [6, 6.07) is 2.03. The highest BCUT2D eigenvalue weighted by Crippen LogP contribution is 2.26. The first kappa shape index (κ1) is 15.3. The average Bonchev–Trinajstić information content (AvgIpc) is 2.48. The fraction of sp³-hybridized carbons (Fsp3) is 1.00. The molecule has 0 aromatic heterocycles. The normalized spacial score (nSPS) is 29.8. The molecule has 0 aromatic rings. The molecule has 1 saturated carbocycles. The van der Waals surface area contributed by atoms with E-state index in [0.717, 1.165) is 25.8 Å². The van der Waals surface area contributed by atoms with Crippen LogP contribution in [-0.2, 0) is 4.74 Å². The molecule has 112 valence electrons. The summed E-state index contributed by atoms with van der Waals surface area (Å²) < 4.78 is 5.78. The Morgan fingerprint density at radius 1 is 1.11 bits per heavy atom. The number of hydrogen-bond acceptors (Lipinski definition) is 3. The Bertz CT molecular complexity index is 241. The second-order valence-corrected chi connectivity index (χ2v) is 6.11. The van der Waals surface area contributed by atoms with Gasteiger partial charge in [-0.3, -0.25) is 4.90 Å². The third-order valence-electron chi connectivity index (χ3n) is 4.82.